The molecule has 0 atom stereocenters. The Kier molecular flexibility index (Phi) is 4.42. The summed E-state index contributed by atoms with van der Waals surface area (Å²) < 4.78 is 1.76. The Hall–Kier alpha value is -2.95. The van der Waals surface area contributed by atoms with Gasteiger partial charge in [-0.2, -0.15) is 5.10 Å². The Balaban J connectivity index is 2.28. The van der Waals surface area contributed by atoms with Gasteiger partial charge in [-0.05, 0) is 43.2 Å². The maximum absolute atomic E-state index is 11.9. The molecule has 0 spiro atoms. The van der Waals surface area contributed by atoms with Gasteiger partial charge in [-0.25, -0.2) is 9.48 Å². The number of carboxylic acid groups (broad SMARTS) is 1. The SMILES string of the molecule is CCCc1c(C(=O)O)c(-c2ccncc2)nn1-c1cccc(C)c1. The lowest BCUT2D eigenvalue weighted by atomic mass is 10.0. The summed E-state index contributed by atoms with van der Waals surface area (Å²) in [4.78, 5) is 15.9. The molecule has 0 unspecified atom stereocenters. The van der Waals surface area contributed by atoms with Crippen LogP contribution in [0.3, 0.4) is 0 Å². The molecule has 0 fully saturated rings. The monoisotopic (exact) mass is 321 g/mol. The molecule has 5 nitrogen and oxygen atoms in total. The molecule has 3 rings (SSSR count). The first-order chi connectivity index (χ1) is 11.6. The first kappa shape index (κ1) is 15.9. The predicted octanol–water partition coefficient (Wildman–Crippen LogP) is 3.89. The van der Waals surface area contributed by atoms with Crippen molar-refractivity contribution in [1.29, 1.82) is 0 Å². The lowest BCUT2D eigenvalue weighted by molar-refractivity contribution is 0.0696. The van der Waals surface area contributed by atoms with Crippen LogP contribution in [0.1, 0.15) is 35.0 Å². The van der Waals surface area contributed by atoms with Gasteiger partial charge in [0.15, 0.2) is 0 Å². The molecule has 1 N–H and O–H groups in total. The smallest absolute Gasteiger partial charge is 0.339 e. The van der Waals surface area contributed by atoms with Crippen LogP contribution < -0.4 is 0 Å². The van der Waals surface area contributed by atoms with Crippen molar-refractivity contribution >= 4 is 5.97 Å². The van der Waals surface area contributed by atoms with E-state index in [0.717, 1.165) is 28.9 Å². The normalized spacial score (nSPS) is 10.8. The third kappa shape index (κ3) is 2.93. The van der Waals surface area contributed by atoms with Crippen LogP contribution in [-0.2, 0) is 6.42 Å². The number of rotatable bonds is 5. The van der Waals surface area contributed by atoms with Gasteiger partial charge < -0.3 is 5.11 Å². The Bertz CT molecular complexity index is 870. The van der Waals surface area contributed by atoms with Crippen LogP contribution in [0.25, 0.3) is 16.9 Å². The molecule has 0 aliphatic rings. The fourth-order valence-corrected chi connectivity index (χ4v) is 2.83. The van der Waals surface area contributed by atoms with E-state index in [-0.39, 0.29) is 5.56 Å². The van der Waals surface area contributed by atoms with Crippen molar-refractivity contribution in [1.82, 2.24) is 14.8 Å². The van der Waals surface area contributed by atoms with Crippen molar-refractivity contribution in [3.63, 3.8) is 0 Å². The second-order valence-electron chi connectivity index (χ2n) is 5.71. The quantitative estimate of drug-likeness (QED) is 0.774. The highest BCUT2D eigenvalue weighted by Gasteiger charge is 2.24. The summed E-state index contributed by atoms with van der Waals surface area (Å²) in [5.74, 6) is -0.954. The summed E-state index contributed by atoms with van der Waals surface area (Å²) in [7, 11) is 0. The average Bonchev–Trinajstić information content (AvgIpc) is 2.96. The van der Waals surface area contributed by atoms with E-state index in [1.165, 1.54) is 0 Å². The summed E-state index contributed by atoms with van der Waals surface area (Å²) >= 11 is 0. The Morgan fingerprint density at radius 3 is 2.58 bits per heavy atom. The standard InChI is InChI=1S/C19H19N3O2/c1-3-5-16-17(19(23)24)18(14-8-10-20-11-9-14)21-22(16)15-7-4-6-13(2)12-15/h4,6-12H,3,5H2,1-2H3,(H,23,24). The molecule has 3 aromatic rings. The van der Waals surface area contributed by atoms with Gasteiger partial charge in [0.25, 0.3) is 0 Å². The molecular weight excluding hydrogens is 302 g/mol. The molecule has 24 heavy (non-hydrogen) atoms. The van der Waals surface area contributed by atoms with Gasteiger partial charge in [0.1, 0.15) is 11.3 Å². The van der Waals surface area contributed by atoms with E-state index in [9.17, 15) is 9.90 Å². The van der Waals surface area contributed by atoms with Crippen molar-refractivity contribution in [2.45, 2.75) is 26.7 Å². The zero-order valence-electron chi connectivity index (χ0n) is 13.7. The predicted molar refractivity (Wildman–Crippen MR) is 92.5 cm³/mol. The molecular formula is C19H19N3O2. The third-order valence-corrected chi connectivity index (χ3v) is 3.88. The first-order valence-corrected chi connectivity index (χ1v) is 7.94. The number of hydrogen-bond donors (Lipinski definition) is 1. The van der Waals surface area contributed by atoms with E-state index in [4.69, 9.17) is 0 Å². The van der Waals surface area contributed by atoms with Gasteiger partial charge in [-0.1, -0.05) is 25.5 Å². The third-order valence-electron chi connectivity index (χ3n) is 3.88. The number of hydrogen-bond acceptors (Lipinski definition) is 3. The lowest BCUT2D eigenvalue weighted by Crippen LogP contribution is -2.06. The van der Waals surface area contributed by atoms with E-state index in [0.29, 0.717) is 12.1 Å². The minimum absolute atomic E-state index is 0.268. The number of aromatic nitrogens is 3. The van der Waals surface area contributed by atoms with Crippen LogP contribution in [-0.4, -0.2) is 25.8 Å². The molecule has 0 saturated carbocycles. The maximum Gasteiger partial charge on any atom is 0.339 e. The van der Waals surface area contributed by atoms with Crippen molar-refractivity contribution in [2.75, 3.05) is 0 Å². The van der Waals surface area contributed by atoms with E-state index < -0.39 is 5.97 Å². The number of benzene rings is 1. The minimum Gasteiger partial charge on any atom is -0.478 e. The number of aryl methyl sites for hydroxylation is 1. The average molecular weight is 321 g/mol. The summed E-state index contributed by atoms with van der Waals surface area (Å²) in [5.41, 5.74) is 4.21. The number of nitrogens with zero attached hydrogens (tertiary/aromatic N) is 3. The van der Waals surface area contributed by atoms with Crippen LogP contribution in [0.5, 0.6) is 0 Å². The van der Waals surface area contributed by atoms with Gasteiger partial charge in [0, 0.05) is 18.0 Å². The van der Waals surface area contributed by atoms with Gasteiger partial charge in [-0.3, -0.25) is 4.98 Å². The van der Waals surface area contributed by atoms with Crippen molar-refractivity contribution in [2.24, 2.45) is 0 Å². The molecule has 0 aliphatic carbocycles. The number of aromatic carboxylic acids is 1. The van der Waals surface area contributed by atoms with Crippen molar-refractivity contribution in [3.05, 3.63) is 65.6 Å². The fourth-order valence-electron chi connectivity index (χ4n) is 2.83. The van der Waals surface area contributed by atoms with Crippen LogP contribution in [0.4, 0.5) is 0 Å². The zero-order chi connectivity index (χ0) is 17.1. The number of carboxylic acids is 1. The zero-order valence-corrected chi connectivity index (χ0v) is 13.7. The molecule has 5 heteroatoms. The molecule has 0 aliphatic heterocycles. The molecule has 2 heterocycles. The molecule has 2 aromatic heterocycles. The summed E-state index contributed by atoms with van der Waals surface area (Å²) in [6.45, 7) is 4.04. The Morgan fingerprint density at radius 1 is 1.21 bits per heavy atom. The van der Waals surface area contributed by atoms with Gasteiger partial charge >= 0.3 is 5.97 Å². The first-order valence-electron chi connectivity index (χ1n) is 7.94. The van der Waals surface area contributed by atoms with Crippen LogP contribution >= 0.6 is 0 Å². The second kappa shape index (κ2) is 6.66. The minimum atomic E-state index is -0.954. The molecule has 0 bridgehead atoms. The highest BCUT2D eigenvalue weighted by atomic mass is 16.4. The topological polar surface area (TPSA) is 68.0 Å². The molecule has 1 aromatic carbocycles. The summed E-state index contributed by atoms with van der Waals surface area (Å²) in [6.07, 6.45) is 4.78. The Labute approximate surface area is 140 Å². The van der Waals surface area contributed by atoms with Crippen molar-refractivity contribution < 1.29 is 9.90 Å². The van der Waals surface area contributed by atoms with Crippen molar-refractivity contribution in [3.8, 4) is 16.9 Å². The van der Waals surface area contributed by atoms with Gasteiger partial charge in [0.2, 0.25) is 0 Å². The molecule has 122 valence electrons. The largest absolute Gasteiger partial charge is 0.478 e. The van der Waals surface area contributed by atoms with Crippen LogP contribution in [0, 0.1) is 6.92 Å². The molecule has 0 radical (unpaired) electrons. The number of pyridine rings is 1. The van der Waals surface area contributed by atoms with Crippen LogP contribution in [0.15, 0.2) is 48.8 Å². The van der Waals surface area contributed by atoms with E-state index in [1.54, 1.807) is 29.2 Å². The summed E-state index contributed by atoms with van der Waals surface area (Å²) in [5, 5.41) is 14.4. The van der Waals surface area contributed by atoms with E-state index >= 15 is 0 Å². The highest BCUT2D eigenvalue weighted by Crippen LogP contribution is 2.28. The van der Waals surface area contributed by atoms with E-state index in [2.05, 4.69) is 10.1 Å². The maximum atomic E-state index is 11.9. The highest BCUT2D eigenvalue weighted by molar-refractivity contribution is 5.96. The summed E-state index contributed by atoms with van der Waals surface area (Å²) in [6, 6.07) is 11.5. The van der Waals surface area contributed by atoms with Gasteiger partial charge in [0.05, 0.1) is 11.4 Å². The van der Waals surface area contributed by atoms with Crippen LogP contribution in [0.2, 0.25) is 0 Å². The van der Waals surface area contributed by atoms with Gasteiger partial charge in [-0.15, -0.1) is 0 Å². The Morgan fingerprint density at radius 2 is 1.96 bits per heavy atom. The second-order valence-corrected chi connectivity index (χ2v) is 5.71. The molecule has 0 saturated heterocycles. The molecule has 0 amide bonds. The number of carbonyl (C=O) groups is 1. The fraction of sp³-hybridized carbons (Fsp3) is 0.211. The lowest BCUT2D eigenvalue weighted by Gasteiger charge is -2.08. The van der Waals surface area contributed by atoms with E-state index in [1.807, 2.05) is 38.1 Å².